The first-order chi connectivity index (χ1) is 7.58. The van der Waals surface area contributed by atoms with Crippen LogP contribution in [0.2, 0.25) is 0 Å². The maximum atomic E-state index is 10.2. The second-order valence-electron chi connectivity index (χ2n) is 3.72. The summed E-state index contributed by atoms with van der Waals surface area (Å²) in [7, 11) is 0. The van der Waals surface area contributed by atoms with E-state index in [1.165, 1.54) is 0 Å². The Bertz CT molecular complexity index is 487. The highest BCUT2D eigenvalue weighted by Gasteiger charge is 2.17. The number of aryl methyl sites for hydroxylation is 2. The summed E-state index contributed by atoms with van der Waals surface area (Å²) in [5, 5.41) is 10.2. The summed E-state index contributed by atoms with van der Waals surface area (Å²) in [5.74, 6) is 0.519. The molecule has 0 amide bonds. The molecule has 0 aliphatic rings. The van der Waals surface area contributed by atoms with E-state index < -0.39 is 6.10 Å². The Balaban J connectivity index is 2.41. The van der Waals surface area contributed by atoms with Crippen LogP contribution in [0.25, 0.3) is 0 Å². The largest absolute Gasteiger partial charge is 0.465 e. The van der Waals surface area contributed by atoms with Gasteiger partial charge in [0.15, 0.2) is 5.76 Å². The van der Waals surface area contributed by atoms with E-state index in [9.17, 15) is 5.11 Å². The average molecular weight is 282 g/mol. The third-order valence-electron chi connectivity index (χ3n) is 2.31. The monoisotopic (exact) mass is 281 g/mol. The van der Waals surface area contributed by atoms with Gasteiger partial charge < -0.3 is 9.52 Å². The van der Waals surface area contributed by atoms with Crippen LogP contribution in [0.3, 0.4) is 0 Å². The summed E-state index contributed by atoms with van der Waals surface area (Å²) in [6.45, 7) is 3.81. The SMILES string of the molecule is Cc1cc(C(O)c2occc2Br)cc(C)n1. The highest BCUT2D eigenvalue weighted by molar-refractivity contribution is 9.10. The first-order valence-electron chi connectivity index (χ1n) is 4.94. The lowest BCUT2D eigenvalue weighted by Crippen LogP contribution is -2.01. The summed E-state index contributed by atoms with van der Waals surface area (Å²) in [5.41, 5.74) is 2.56. The summed E-state index contributed by atoms with van der Waals surface area (Å²) in [6, 6.07) is 5.47. The van der Waals surface area contributed by atoms with E-state index in [1.807, 2.05) is 26.0 Å². The van der Waals surface area contributed by atoms with Gasteiger partial charge >= 0.3 is 0 Å². The molecule has 2 aromatic heterocycles. The quantitative estimate of drug-likeness (QED) is 0.920. The highest BCUT2D eigenvalue weighted by atomic mass is 79.9. The van der Waals surface area contributed by atoms with Crippen molar-refractivity contribution in [3.05, 3.63) is 51.6 Å². The predicted octanol–water partition coefficient (Wildman–Crippen LogP) is 3.14. The number of pyridine rings is 1. The van der Waals surface area contributed by atoms with Gasteiger partial charge in [-0.2, -0.15) is 0 Å². The van der Waals surface area contributed by atoms with Crippen molar-refractivity contribution < 1.29 is 9.52 Å². The van der Waals surface area contributed by atoms with E-state index in [2.05, 4.69) is 20.9 Å². The number of furan rings is 1. The topological polar surface area (TPSA) is 46.3 Å². The molecule has 0 aliphatic heterocycles. The van der Waals surface area contributed by atoms with Gasteiger partial charge in [0.1, 0.15) is 6.10 Å². The summed E-state index contributed by atoms with van der Waals surface area (Å²) < 4.78 is 6.01. The molecule has 0 aromatic carbocycles. The van der Waals surface area contributed by atoms with Crippen LogP contribution >= 0.6 is 15.9 Å². The van der Waals surface area contributed by atoms with Gasteiger partial charge in [0.05, 0.1) is 10.7 Å². The summed E-state index contributed by atoms with van der Waals surface area (Å²) >= 11 is 3.33. The van der Waals surface area contributed by atoms with Crippen molar-refractivity contribution in [3.63, 3.8) is 0 Å². The Labute approximate surface area is 102 Å². The van der Waals surface area contributed by atoms with Crippen molar-refractivity contribution in [2.75, 3.05) is 0 Å². The van der Waals surface area contributed by atoms with Crippen LogP contribution in [0.15, 0.2) is 33.4 Å². The molecule has 2 heterocycles. The lowest BCUT2D eigenvalue weighted by atomic mass is 10.1. The number of nitrogens with zero attached hydrogens (tertiary/aromatic N) is 1. The zero-order chi connectivity index (χ0) is 11.7. The second kappa shape index (κ2) is 4.39. The summed E-state index contributed by atoms with van der Waals surface area (Å²) in [6.07, 6.45) is 0.786. The number of aromatic nitrogens is 1. The van der Waals surface area contributed by atoms with E-state index in [4.69, 9.17) is 4.42 Å². The lowest BCUT2D eigenvalue weighted by Gasteiger charge is -2.10. The number of hydrogen-bond acceptors (Lipinski definition) is 3. The molecule has 0 saturated carbocycles. The van der Waals surface area contributed by atoms with Crippen molar-refractivity contribution in [3.8, 4) is 0 Å². The Morgan fingerprint density at radius 2 is 1.94 bits per heavy atom. The van der Waals surface area contributed by atoms with E-state index in [0.717, 1.165) is 21.4 Å². The van der Waals surface area contributed by atoms with Crippen molar-refractivity contribution >= 4 is 15.9 Å². The molecule has 0 aliphatic carbocycles. The zero-order valence-corrected chi connectivity index (χ0v) is 10.7. The van der Waals surface area contributed by atoms with Gasteiger partial charge in [0.25, 0.3) is 0 Å². The molecule has 4 heteroatoms. The van der Waals surface area contributed by atoms with Crippen LogP contribution < -0.4 is 0 Å². The van der Waals surface area contributed by atoms with Crippen LogP contribution in [0.4, 0.5) is 0 Å². The molecular weight excluding hydrogens is 270 g/mol. The maximum Gasteiger partial charge on any atom is 0.150 e. The fourth-order valence-corrected chi connectivity index (χ4v) is 2.09. The van der Waals surface area contributed by atoms with E-state index in [1.54, 1.807) is 12.3 Å². The van der Waals surface area contributed by atoms with E-state index in [-0.39, 0.29) is 0 Å². The van der Waals surface area contributed by atoms with Crippen molar-refractivity contribution in [2.24, 2.45) is 0 Å². The van der Waals surface area contributed by atoms with Crippen molar-refractivity contribution in [1.82, 2.24) is 4.98 Å². The van der Waals surface area contributed by atoms with Crippen molar-refractivity contribution in [2.45, 2.75) is 20.0 Å². The second-order valence-corrected chi connectivity index (χ2v) is 4.57. The van der Waals surface area contributed by atoms with Crippen LogP contribution in [0.5, 0.6) is 0 Å². The molecule has 16 heavy (non-hydrogen) atoms. The summed E-state index contributed by atoms with van der Waals surface area (Å²) in [4.78, 5) is 4.27. The van der Waals surface area contributed by atoms with Gasteiger partial charge in [-0.3, -0.25) is 4.98 Å². The van der Waals surface area contributed by atoms with Crippen LogP contribution in [0, 0.1) is 13.8 Å². The van der Waals surface area contributed by atoms with E-state index >= 15 is 0 Å². The van der Waals surface area contributed by atoms with Crippen LogP contribution in [-0.2, 0) is 0 Å². The van der Waals surface area contributed by atoms with Gasteiger partial charge in [0, 0.05) is 11.4 Å². The normalized spacial score (nSPS) is 12.8. The Morgan fingerprint density at radius 3 is 2.44 bits per heavy atom. The molecule has 3 nitrogen and oxygen atoms in total. The van der Waals surface area contributed by atoms with Gasteiger partial charge in [-0.1, -0.05) is 0 Å². The van der Waals surface area contributed by atoms with Gasteiger partial charge in [-0.25, -0.2) is 0 Å². The standard InChI is InChI=1S/C12H12BrNO2/c1-7-5-9(6-8(2)14-7)11(15)12-10(13)3-4-16-12/h3-6,11,15H,1-2H3. The molecular formula is C12H12BrNO2. The molecule has 1 N–H and O–H groups in total. The molecule has 84 valence electrons. The number of aliphatic hydroxyl groups excluding tert-OH is 1. The molecule has 0 fully saturated rings. The van der Waals surface area contributed by atoms with E-state index in [0.29, 0.717) is 5.76 Å². The average Bonchev–Trinajstić information content (AvgIpc) is 2.62. The molecule has 2 rings (SSSR count). The fourth-order valence-electron chi connectivity index (χ4n) is 1.68. The fraction of sp³-hybridized carbons (Fsp3) is 0.250. The first kappa shape index (κ1) is 11.4. The molecule has 0 spiro atoms. The Kier molecular flexibility index (Phi) is 3.12. The lowest BCUT2D eigenvalue weighted by molar-refractivity contribution is 0.188. The predicted molar refractivity (Wildman–Crippen MR) is 64.2 cm³/mol. The third kappa shape index (κ3) is 2.18. The van der Waals surface area contributed by atoms with Crippen molar-refractivity contribution in [1.29, 1.82) is 0 Å². The zero-order valence-electron chi connectivity index (χ0n) is 9.07. The smallest absolute Gasteiger partial charge is 0.150 e. The molecule has 0 radical (unpaired) electrons. The van der Waals surface area contributed by atoms with Gasteiger partial charge in [-0.05, 0) is 53.5 Å². The third-order valence-corrected chi connectivity index (χ3v) is 2.97. The van der Waals surface area contributed by atoms with Gasteiger partial charge in [-0.15, -0.1) is 0 Å². The minimum Gasteiger partial charge on any atom is -0.465 e. The molecule has 2 aromatic rings. The molecule has 1 unspecified atom stereocenters. The Morgan fingerprint density at radius 1 is 1.31 bits per heavy atom. The minimum absolute atomic E-state index is 0.519. The number of rotatable bonds is 2. The number of aliphatic hydroxyl groups is 1. The number of hydrogen-bond donors (Lipinski definition) is 1. The maximum absolute atomic E-state index is 10.2. The van der Waals surface area contributed by atoms with Crippen LogP contribution in [-0.4, -0.2) is 10.1 Å². The molecule has 0 bridgehead atoms. The number of halogens is 1. The first-order valence-corrected chi connectivity index (χ1v) is 5.73. The molecule has 1 atom stereocenters. The van der Waals surface area contributed by atoms with Crippen LogP contribution in [0.1, 0.15) is 28.8 Å². The van der Waals surface area contributed by atoms with Gasteiger partial charge in [0.2, 0.25) is 0 Å². The Hall–Kier alpha value is -1.13. The highest BCUT2D eigenvalue weighted by Crippen LogP contribution is 2.29. The minimum atomic E-state index is -0.759. The molecule has 0 saturated heterocycles.